The first kappa shape index (κ1) is 14.6. The van der Waals surface area contributed by atoms with Crippen molar-refractivity contribution in [2.24, 2.45) is 0 Å². The first-order valence-electron chi connectivity index (χ1n) is 6.61. The van der Waals surface area contributed by atoms with Crippen LogP contribution in [0.25, 0.3) is 0 Å². The van der Waals surface area contributed by atoms with E-state index in [0.717, 1.165) is 5.69 Å². The number of benzene rings is 1. The lowest BCUT2D eigenvalue weighted by Crippen LogP contribution is -2.37. The second-order valence-electron chi connectivity index (χ2n) is 4.61. The van der Waals surface area contributed by atoms with Crippen LogP contribution in [0.2, 0.25) is 0 Å². The third kappa shape index (κ3) is 2.22. The summed E-state index contributed by atoms with van der Waals surface area (Å²) in [6, 6.07) is -0.0208. The van der Waals surface area contributed by atoms with Gasteiger partial charge in [-0.25, -0.2) is 4.79 Å². The molecule has 0 saturated heterocycles. The number of urea groups is 1. The topological polar surface area (TPSA) is 41.1 Å². The monoisotopic (exact) mass is 248 g/mol. The molecule has 1 aromatic rings. The van der Waals surface area contributed by atoms with Crippen LogP contribution in [0, 0.1) is 27.7 Å². The van der Waals surface area contributed by atoms with Crippen molar-refractivity contribution in [2.75, 3.05) is 5.32 Å². The van der Waals surface area contributed by atoms with E-state index in [0.29, 0.717) is 0 Å². The molecule has 2 amide bonds. The number of hydrogen-bond acceptors (Lipinski definition) is 1. The standard InChI is InChI=1S/C13H18N2O.C2H6/c1-6-7(2)9(4)12-11(8(6)3)10(5)14-13(16)15-12;1-2/h10H,1-5H3,(H2,14,15,16);1-2H3. The van der Waals surface area contributed by atoms with E-state index in [4.69, 9.17) is 0 Å². The molecule has 1 atom stereocenters. The van der Waals surface area contributed by atoms with Gasteiger partial charge >= 0.3 is 6.03 Å². The highest BCUT2D eigenvalue weighted by Gasteiger charge is 2.25. The van der Waals surface area contributed by atoms with Crippen molar-refractivity contribution < 1.29 is 4.79 Å². The van der Waals surface area contributed by atoms with Crippen molar-refractivity contribution in [1.29, 1.82) is 0 Å². The van der Waals surface area contributed by atoms with Gasteiger partial charge in [-0.2, -0.15) is 0 Å². The van der Waals surface area contributed by atoms with Crippen LogP contribution in [0.4, 0.5) is 10.5 Å². The third-order valence-corrected chi connectivity index (χ3v) is 3.75. The van der Waals surface area contributed by atoms with E-state index in [1.165, 1.54) is 27.8 Å². The third-order valence-electron chi connectivity index (χ3n) is 3.75. The Morgan fingerprint density at radius 1 is 0.889 bits per heavy atom. The van der Waals surface area contributed by atoms with Crippen LogP contribution in [0.5, 0.6) is 0 Å². The molecular weight excluding hydrogens is 224 g/mol. The summed E-state index contributed by atoms with van der Waals surface area (Å²) in [5, 5.41) is 5.82. The molecule has 1 unspecified atom stereocenters. The summed E-state index contributed by atoms with van der Waals surface area (Å²) < 4.78 is 0. The van der Waals surface area contributed by atoms with Gasteiger partial charge < -0.3 is 10.6 Å². The fourth-order valence-corrected chi connectivity index (χ4v) is 2.46. The molecule has 18 heavy (non-hydrogen) atoms. The summed E-state index contributed by atoms with van der Waals surface area (Å²) in [4.78, 5) is 11.5. The molecule has 0 fully saturated rings. The van der Waals surface area contributed by atoms with Gasteiger partial charge in [0.1, 0.15) is 0 Å². The maximum absolute atomic E-state index is 11.5. The molecule has 100 valence electrons. The smallest absolute Gasteiger partial charge is 0.319 e. The van der Waals surface area contributed by atoms with Crippen molar-refractivity contribution in [3.05, 3.63) is 27.8 Å². The molecule has 1 heterocycles. The molecule has 0 aliphatic carbocycles. The molecule has 0 aromatic heterocycles. The van der Waals surface area contributed by atoms with Crippen LogP contribution in [0.15, 0.2) is 0 Å². The van der Waals surface area contributed by atoms with E-state index < -0.39 is 0 Å². The molecule has 2 N–H and O–H groups in total. The highest BCUT2D eigenvalue weighted by molar-refractivity contribution is 5.94. The number of carbonyl (C=O) groups is 1. The number of anilines is 1. The van der Waals surface area contributed by atoms with Crippen molar-refractivity contribution in [3.63, 3.8) is 0 Å². The molecule has 3 heteroatoms. The van der Waals surface area contributed by atoms with Gasteiger partial charge in [0.25, 0.3) is 0 Å². The van der Waals surface area contributed by atoms with Gasteiger partial charge in [0, 0.05) is 5.56 Å². The largest absolute Gasteiger partial charge is 0.331 e. The Labute approximate surface area is 110 Å². The van der Waals surface area contributed by atoms with Gasteiger partial charge in [-0.15, -0.1) is 0 Å². The van der Waals surface area contributed by atoms with Gasteiger partial charge in [-0.3, -0.25) is 0 Å². The van der Waals surface area contributed by atoms with E-state index in [1.54, 1.807) is 0 Å². The Morgan fingerprint density at radius 3 is 1.94 bits per heavy atom. The molecule has 1 aliphatic heterocycles. The highest BCUT2D eigenvalue weighted by Crippen LogP contribution is 2.36. The molecule has 1 aliphatic rings. The van der Waals surface area contributed by atoms with E-state index >= 15 is 0 Å². The maximum Gasteiger partial charge on any atom is 0.319 e. The van der Waals surface area contributed by atoms with E-state index in [1.807, 2.05) is 20.8 Å². The molecule has 0 saturated carbocycles. The summed E-state index contributed by atoms with van der Waals surface area (Å²) in [7, 11) is 0. The number of carbonyl (C=O) groups excluding carboxylic acids is 1. The van der Waals surface area contributed by atoms with Crippen molar-refractivity contribution in [3.8, 4) is 0 Å². The van der Waals surface area contributed by atoms with Gasteiger partial charge in [-0.05, 0) is 56.9 Å². The van der Waals surface area contributed by atoms with Crippen LogP contribution >= 0.6 is 0 Å². The zero-order valence-corrected chi connectivity index (χ0v) is 12.5. The summed E-state index contributed by atoms with van der Waals surface area (Å²) in [5.74, 6) is 0. The Balaban J connectivity index is 0.000000771. The molecule has 0 bridgehead atoms. The van der Waals surface area contributed by atoms with Crippen molar-refractivity contribution >= 4 is 11.7 Å². The fraction of sp³-hybridized carbons (Fsp3) is 0.533. The molecule has 1 aromatic carbocycles. The number of nitrogens with one attached hydrogen (secondary N) is 2. The summed E-state index contributed by atoms with van der Waals surface area (Å²) >= 11 is 0. The fourth-order valence-electron chi connectivity index (χ4n) is 2.46. The minimum absolute atomic E-state index is 0.0850. The van der Waals surface area contributed by atoms with Crippen LogP contribution in [-0.4, -0.2) is 6.03 Å². The Bertz CT molecular complexity index is 478. The zero-order chi connectivity index (χ0) is 14.0. The quantitative estimate of drug-likeness (QED) is 0.711. The molecule has 2 rings (SSSR count). The van der Waals surface area contributed by atoms with Crippen LogP contribution in [0.3, 0.4) is 0 Å². The first-order valence-corrected chi connectivity index (χ1v) is 6.61. The number of hydrogen-bond donors (Lipinski definition) is 2. The molecule has 0 spiro atoms. The SMILES string of the molecule is CC.Cc1c(C)c(C)c2c(c1C)NC(=O)NC2C. The van der Waals surface area contributed by atoms with E-state index in [9.17, 15) is 4.79 Å². The molecular formula is C15H24N2O. The Hall–Kier alpha value is -1.51. The number of fused-ring (bicyclic) bond motifs is 1. The van der Waals surface area contributed by atoms with Crippen molar-refractivity contribution in [2.45, 2.75) is 54.5 Å². The normalized spacial score (nSPS) is 17.1. The Morgan fingerprint density at radius 2 is 1.39 bits per heavy atom. The first-order chi connectivity index (χ1) is 8.43. The summed E-state index contributed by atoms with van der Waals surface area (Å²) in [6.07, 6.45) is 0. The lowest BCUT2D eigenvalue weighted by atomic mass is 9.88. The van der Waals surface area contributed by atoms with Crippen LogP contribution in [-0.2, 0) is 0 Å². The van der Waals surface area contributed by atoms with Gasteiger partial charge in [0.05, 0.1) is 11.7 Å². The average Bonchev–Trinajstić information content (AvgIpc) is 2.35. The summed E-state index contributed by atoms with van der Waals surface area (Å²) in [5.41, 5.74) is 7.27. The minimum atomic E-state index is -0.106. The van der Waals surface area contributed by atoms with Crippen molar-refractivity contribution in [1.82, 2.24) is 5.32 Å². The van der Waals surface area contributed by atoms with Gasteiger partial charge in [-0.1, -0.05) is 13.8 Å². The number of amides is 2. The lowest BCUT2D eigenvalue weighted by Gasteiger charge is -2.30. The van der Waals surface area contributed by atoms with Gasteiger partial charge in [0.2, 0.25) is 0 Å². The molecule has 0 radical (unpaired) electrons. The van der Waals surface area contributed by atoms with E-state index in [-0.39, 0.29) is 12.1 Å². The average molecular weight is 248 g/mol. The second-order valence-corrected chi connectivity index (χ2v) is 4.61. The highest BCUT2D eigenvalue weighted by atomic mass is 16.2. The predicted molar refractivity (Wildman–Crippen MR) is 77.3 cm³/mol. The lowest BCUT2D eigenvalue weighted by molar-refractivity contribution is 0.248. The minimum Gasteiger partial charge on any atom is -0.331 e. The predicted octanol–water partition coefficient (Wildman–Crippen LogP) is 4.14. The number of rotatable bonds is 0. The Kier molecular flexibility index (Phi) is 4.38. The second kappa shape index (κ2) is 5.42. The summed E-state index contributed by atoms with van der Waals surface area (Å²) in [6.45, 7) is 14.5. The van der Waals surface area contributed by atoms with Gasteiger partial charge in [0.15, 0.2) is 0 Å². The van der Waals surface area contributed by atoms with E-state index in [2.05, 4.69) is 38.3 Å². The van der Waals surface area contributed by atoms with Crippen LogP contribution in [0.1, 0.15) is 54.6 Å². The molecule has 3 nitrogen and oxygen atoms in total. The zero-order valence-electron chi connectivity index (χ0n) is 12.5. The maximum atomic E-state index is 11.5. The van der Waals surface area contributed by atoms with Crippen LogP contribution < -0.4 is 10.6 Å².